The molecule has 0 aromatic carbocycles. The van der Waals surface area contributed by atoms with Gasteiger partial charge in [0.15, 0.2) is 0 Å². The summed E-state index contributed by atoms with van der Waals surface area (Å²) < 4.78 is 0. The first-order valence-corrected chi connectivity index (χ1v) is 2.91. The Morgan fingerprint density at radius 3 is 2.11 bits per heavy atom. The lowest BCUT2D eigenvalue weighted by Crippen LogP contribution is -2.27. The third kappa shape index (κ3) is 2.67. The van der Waals surface area contributed by atoms with Crippen molar-refractivity contribution in [2.75, 3.05) is 6.61 Å². The monoisotopic (exact) mass is 151 g/mol. The molecule has 0 amide bonds. The summed E-state index contributed by atoms with van der Waals surface area (Å²) in [6.07, 6.45) is 0. The normalized spacial score (nSPS) is 14.0. The zero-order valence-corrected chi connectivity index (χ0v) is 6.18. The molecule has 0 unspecified atom stereocenters. The van der Waals surface area contributed by atoms with Gasteiger partial charge in [0, 0.05) is 0 Å². The Labute approximate surface area is 58.9 Å². The zero-order valence-electron chi connectivity index (χ0n) is 5.43. The van der Waals surface area contributed by atoms with E-state index in [9.17, 15) is 0 Å². The molecule has 0 rings (SSSR count). The van der Waals surface area contributed by atoms with Crippen molar-refractivity contribution >= 4 is 17.3 Å². The van der Waals surface area contributed by atoms with Crippen molar-refractivity contribution in [2.45, 2.75) is 18.7 Å². The molecule has 4 heteroatoms. The van der Waals surface area contributed by atoms with Gasteiger partial charge >= 0.3 is 0 Å². The van der Waals surface area contributed by atoms with Crippen molar-refractivity contribution in [1.82, 2.24) is 0 Å². The van der Waals surface area contributed by atoms with E-state index in [1.54, 1.807) is 13.8 Å². The van der Waals surface area contributed by atoms with Crippen molar-refractivity contribution in [2.24, 2.45) is 5.16 Å². The topological polar surface area (TPSA) is 52.8 Å². The molecule has 0 heterocycles. The number of hydrogen-bond donors (Lipinski definition) is 2. The van der Waals surface area contributed by atoms with Gasteiger partial charge in [0.25, 0.3) is 0 Å². The van der Waals surface area contributed by atoms with Crippen LogP contribution in [0.3, 0.4) is 0 Å². The van der Waals surface area contributed by atoms with Crippen LogP contribution in [-0.4, -0.2) is 27.5 Å². The second-order valence-corrected chi connectivity index (χ2v) is 3.12. The molecule has 0 radical (unpaired) electrons. The van der Waals surface area contributed by atoms with E-state index in [0.29, 0.717) is 0 Å². The van der Waals surface area contributed by atoms with Crippen LogP contribution in [-0.2, 0) is 0 Å². The van der Waals surface area contributed by atoms with Gasteiger partial charge in [-0.2, -0.15) is 0 Å². The zero-order chi connectivity index (χ0) is 7.49. The van der Waals surface area contributed by atoms with Crippen molar-refractivity contribution in [1.29, 1.82) is 0 Å². The third-order valence-corrected chi connectivity index (χ3v) is 1.17. The predicted molar refractivity (Wildman–Crippen MR) is 36.2 cm³/mol. The molecule has 0 aromatic heterocycles. The minimum absolute atomic E-state index is 0.171. The number of aliphatic hydroxyl groups excluding tert-OH is 1. The van der Waals surface area contributed by atoms with Gasteiger partial charge in [-0.1, -0.05) is 5.16 Å². The van der Waals surface area contributed by atoms with E-state index in [-0.39, 0.29) is 12.3 Å². The van der Waals surface area contributed by atoms with E-state index in [0.717, 1.165) is 0 Å². The van der Waals surface area contributed by atoms with Crippen LogP contribution in [0.2, 0.25) is 0 Å². The lowest BCUT2D eigenvalue weighted by Gasteiger charge is -2.14. The molecule has 9 heavy (non-hydrogen) atoms. The Bertz CT molecular complexity index is 117. The van der Waals surface area contributed by atoms with E-state index in [1.807, 2.05) is 0 Å². The van der Waals surface area contributed by atoms with Crippen LogP contribution in [0.25, 0.3) is 0 Å². The van der Waals surface area contributed by atoms with E-state index in [4.69, 9.17) is 21.9 Å². The number of aliphatic hydroxyl groups is 1. The summed E-state index contributed by atoms with van der Waals surface area (Å²) in [5.74, 6) is 0. The molecule has 0 aliphatic rings. The summed E-state index contributed by atoms with van der Waals surface area (Å²) in [4.78, 5) is -0.760. The van der Waals surface area contributed by atoms with Crippen molar-refractivity contribution in [3.8, 4) is 0 Å². The molecule has 2 N–H and O–H groups in total. The second-order valence-electron chi connectivity index (χ2n) is 2.18. The van der Waals surface area contributed by atoms with Crippen LogP contribution in [0.1, 0.15) is 13.8 Å². The molecule has 0 aromatic rings. The highest BCUT2D eigenvalue weighted by atomic mass is 35.5. The summed E-state index contributed by atoms with van der Waals surface area (Å²) in [5, 5.41) is 19.5. The molecule has 0 aliphatic heterocycles. The Kier molecular flexibility index (Phi) is 2.94. The Morgan fingerprint density at radius 2 is 2.11 bits per heavy atom. The fourth-order valence-corrected chi connectivity index (χ4v) is 0.436. The number of alkyl halides is 1. The van der Waals surface area contributed by atoms with E-state index >= 15 is 0 Å². The Hall–Kier alpha value is -0.280. The van der Waals surface area contributed by atoms with E-state index in [2.05, 4.69) is 5.16 Å². The van der Waals surface area contributed by atoms with Crippen molar-refractivity contribution < 1.29 is 10.3 Å². The average molecular weight is 152 g/mol. The van der Waals surface area contributed by atoms with Crippen LogP contribution in [0.5, 0.6) is 0 Å². The number of nitrogens with zero attached hydrogens (tertiary/aromatic N) is 1. The van der Waals surface area contributed by atoms with Gasteiger partial charge in [-0.3, -0.25) is 0 Å². The first-order chi connectivity index (χ1) is 4.02. The van der Waals surface area contributed by atoms with Crippen LogP contribution < -0.4 is 0 Å². The number of hydrogen-bond acceptors (Lipinski definition) is 3. The highest BCUT2D eigenvalue weighted by molar-refractivity contribution is 6.35. The summed E-state index contributed by atoms with van der Waals surface area (Å²) in [5.41, 5.74) is 0.171. The molecule has 0 saturated carbocycles. The minimum atomic E-state index is -0.760. The quantitative estimate of drug-likeness (QED) is 0.266. The largest absolute Gasteiger partial charge is 0.411 e. The maximum atomic E-state index is 8.49. The van der Waals surface area contributed by atoms with Gasteiger partial charge in [-0.25, -0.2) is 0 Å². The van der Waals surface area contributed by atoms with Crippen LogP contribution in [0.15, 0.2) is 5.16 Å². The number of oxime groups is 1. The van der Waals surface area contributed by atoms with Gasteiger partial charge in [-0.15, -0.1) is 11.6 Å². The van der Waals surface area contributed by atoms with Gasteiger partial charge < -0.3 is 10.3 Å². The highest BCUT2D eigenvalue weighted by Crippen LogP contribution is 2.14. The van der Waals surface area contributed by atoms with E-state index < -0.39 is 4.87 Å². The fraction of sp³-hybridized carbons (Fsp3) is 0.800. The summed E-state index contributed by atoms with van der Waals surface area (Å²) in [6, 6.07) is 0. The summed E-state index contributed by atoms with van der Waals surface area (Å²) in [7, 11) is 0. The summed E-state index contributed by atoms with van der Waals surface area (Å²) in [6.45, 7) is 2.96. The fourth-order valence-electron chi connectivity index (χ4n) is 0.339. The smallest absolute Gasteiger partial charge is 0.103 e. The highest BCUT2D eigenvalue weighted by Gasteiger charge is 2.20. The molecule has 0 fully saturated rings. The van der Waals surface area contributed by atoms with Gasteiger partial charge in [0.2, 0.25) is 0 Å². The first-order valence-electron chi connectivity index (χ1n) is 2.53. The molecule has 3 nitrogen and oxygen atoms in total. The van der Waals surface area contributed by atoms with Gasteiger partial charge in [0.1, 0.15) is 5.71 Å². The molecule has 0 aliphatic carbocycles. The predicted octanol–water partition coefficient (Wildman–Crippen LogP) is 0.826. The minimum Gasteiger partial charge on any atom is -0.411 e. The maximum absolute atomic E-state index is 8.49. The molecule has 0 atom stereocenters. The molecular formula is C5H10ClNO2. The lowest BCUT2D eigenvalue weighted by atomic mass is 10.1. The van der Waals surface area contributed by atoms with Crippen molar-refractivity contribution in [3.05, 3.63) is 0 Å². The standard InChI is InChI=1S/C5H10ClNO2/c1-5(2,6)4(3-8)7-9/h8-9H,3H2,1-2H3/b7-4+. The SMILES string of the molecule is CC(C)(Cl)/C(CO)=N/O. The lowest BCUT2D eigenvalue weighted by molar-refractivity contribution is 0.298. The number of rotatable bonds is 2. The average Bonchev–Trinajstić information content (AvgIpc) is 1.65. The maximum Gasteiger partial charge on any atom is 0.103 e. The Balaban J connectivity index is 4.14. The van der Waals surface area contributed by atoms with Crippen LogP contribution in [0.4, 0.5) is 0 Å². The Morgan fingerprint density at radius 1 is 1.67 bits per heavy atom. The van der Waals surface area contributed by atoms with Gasteiger partial charge in [-0.05, 0) is 13.8 Å². The van der Waals surface area contributed by atoms with Crippen LogP contribution in [0, 0.1) is 0 Å². The molecule has 0 spiro atoms. The van der Waals surface area contributed by atoms with Crippen molar-refractivity contribution in [3.63, 3.8) is 0 Å². The van der Waals surface area contributed by atoms with E-state index in [1.165, 1.54) is 0 Å². The van der Waals surface area contributed by atoms with Crippen LogP contribution >= 0.6 is 11.6 Å². The molecule has 54 valence electrons. The number of halogens is 1. The summed E-state index contributed by atoms with van der Waals surface area (Å²) >= 11 is 5.65. The first kappa shape index (κ1) is 8.72. The molecular weight excluding hydrogens is 142 g/mol. The second kappa shape index (κ2) is 3.03. The third-order valence-electron chi connectivity index (χ3n) is 0.957. The van der Waals surface area contributed by atoms with Gasteiger partial charge in [0.05, 0.1) is 11.5 Å². The molecule has 0 saturated heterocycles. The molecule has 0 bridgehead atoms.